The van der Waals surface area contributed by atoms with Crippen molar-refractivity contribution in [3.63, 3.8) is 0 Å². The van der Waals surface area contributed by atoms with Crippen LogP contribution in [0.1, 0.15) is 24.4 Å². The summed E-state index contributed by atoms with van der Waals surface area (Å²) in [5.41, 5.74) is 6.72. The van der Waals surface area contributed by atoms with Crippen molar-refractivity contribution in [1.82, 2.24) is 4.90 Å². The van der Waals surface area contributed by atoms with E-state index in [-0.39, 0.29) is 11.8 Å². The van der Waals surface area contributed by atoms with Gasteiger partial charge in [-0.3, -0.25) is 4.90 Å². The molecule has 5 heteroatoms. The lowest BCUT2D eigenvalue weighted by Crippen LogP contribution is -2.31. The fourth-order valence-corrected chi connectivity index (χ4v) is 2.98. The van der Waals surface area contributed by atoms with Crippen LogP contribution in [0.25, 0.3) is 0 Å². The second kappa shape index (κ2) is 5.91. The van der Waals surface area contributed by atoms with Gasteiger partial charge in [-0.15, -0.1) is 0 Å². The Morgan fingerprint density at radius 2 is 2.11 bits per heavy atom. The molecule has 18 heavy (non-hydrogen) atoms. The Balaban J connectivity index is 2.37. The van der Waals surface area contributed by atoms with E-state index in [1.807, 2.05) is 6.07 Å². The molecule has 1 fully saturated rings. The molecular weight excluding hydrogens is 296 g/mol. The number of hydrogen-bond acceptors (Lipinski definition) is 4. The highest BCUT2D eigenvalue weighted by molar-refractivity contribution is 9.10. The molecule has 0 aromatic heterocycles. The van der Waals surface area contributed by atoms with E-state index in [1.165, 1.54) is 12.8 Å². The molecular formula is C13H19BrN2O2. The Labute approximate surface area is 116 Å². The third-order valence-electron chi connectivity index (χ3n) is 3.45. The molecule has 0 bridgehead atoms. The summed E-state index contributed by atoms with van der Waals surface area (Å²) < 4.78 is 6.08. The van der Waals surface area contributed by atoms with Gasteiger partial charge in [-0.25, -0.2) is 0 Å². The molecule has 0 radical (unpaired) electrons. The third-order valence-corrected chi connectivity index (χ3v) is 3.91. The SMILES string of the molecule is COc1cc(Br)cc(C(CN)N2CCCC2)c1O. The number of hydrogen-bond donors (Lipinski definition) is 2. The smallest absolute Gasteiger partial charge is 0.162 e. The number of rotatable bonds is 4. The van der Waals surface area contributed by atoms with Crippen LogP contribution in [0.2, 0.25) is 0 Å². The molecule has 0 saturated carbocycles. The van der Waals surface area contributed by atoms with Crippen molar-refractivity contribution in [2.24, 2.45) is 5.73 Å². The van der Waals surface area contributed by atoms with Crippen molar-refractivity contribution < 1.29 is 9.84 Å². The van der Waals surface area contributed by atoms with Gasteiger partial charge in [0.15, 0.2) is 11.5 Å². The number of benzene rings is 1. The van der Waals surface area contributed by atoms with E-state index in [9.17, 15) is 5.11 Å². The predicted molar refractivity (Wildman–Crippen MR) is 75.0 cm³/mol. The number of methoxy groups -OCH3 is 1. The first kappa shape index (κ1) is 13.6. The standard InChI is InChI=1S/C13H19BrN2O2/c1-18-12-7-9(14)6-10(13(12)17)11(8-15)16-4-2-3-5-16/h6-7,11,17H,2-5,8,15H2,1H3. The first-order valence-electron chi connectivity index (χ1n) is 6.18. The first-order chi connectivity index (χ1) is 8.67. The Morgan fingerprint density at radius 3 is 2.67 bits per heavy atom. The Kier molecular flexibility index (Phi) is 4.48. The molecule has 1 atom stereocenters. The molecule has 1 saturated heterocycles. The van der Waals surface area contributed by atoms with Gasteiger partial charge < -0.3 is 15.6 Å². The van der Waals surface area contributed by atoms with Crippen LogP contribution in [0.15, 0.2) is 16.6 Å². The predicted octanol–water partition coefficient (Wildman–Crippen LogP) is 2.26. The van der Waals surface area contributed by atoms with Gasteiger partial charge in [-0.2, -0.15) is 0 Å². The molecule has 4 nitrogen and oxygen atoms in total. The molecule has 1 unspecified atom stereocenters. The van der Waals surface area contributed by atoms with Gasteiger partial charge in [-0.1, -0.05) is 15.9 Å². The van der Waals surface area contributed by atoms with Crippen LogP contribution in [0.4, 0.5) is 0 Å². The Hall–Kier alpha value is -0.780. The molecule has 1 heterocycles. The van der Waals surface area contributed by atoms with Crippen LogP contribution >= 0.6 is 15.9 Å². The lowest BCUT2D eigenvalue weighted by molar-refractivity contribution is 0.244. The summed E-state index contributed by atoms with van der Waals surface area (Å²) in [4.78, 5) is 2.32. The van der Waals surface area contributed by atoms with E-state index in [1.54, 1.807) is 13.2 Å². The van der Waals surface area contributed by atoms with Gasteiger partial charge in [0, 0.05) is 16.6 Å². The lowest BCUT2D eigenvalue weighted by atomic mass is 10.0. The average Bonchev–Trinajstić information content (AvgIpc) is 2.87. The largest absolute Gasteiger partial charge is 0.504 e. The molecule has 1 aromatic carbocycles. The summed E-state index contributed by atoms with van der Waals surface area (Å²) in [6.07, 6.45) is 2.39. The maximum Gasteiger partial charge on any atom is 0.162 e. The fourth-order valence-electron chi connectivity index (χ4n) is 2.53. The summed E-state index contributed by atoms with van der Waals surface area (Å²) in [6, 6.07) is 3.74. The van der Waals surface area contributed by atoms with Crippen LogP contribution in [0.3, 0.4) is 0 Å². The van der Waals surface area contributed by atoms with Crippen LogP contribution in [-0.4, -0.2) is 36.8 Å². The monoisotopic (exact) mass is 314 g/mol. The van der Waals surface area contributed by atoms with Crippen LogP contribution < -0.4 is 10.5 Å². The molecule has 0 amide bonds. The van der Waals surface area contributed by atoms with E-state index in [2.05, 4.69) is 20.8 Å². The topological polar surface area (TPSA) is 58.7 Å². The van der Waals surface area contributed by atoms with Crippen LogP contribution in [0.5, 0.6) is 11.5 Å². The number of likely N-dealkylation sites (tertiary alicyclic amines) is 1. The number of halogens is 1. The van der Waals surface area contributed by atoms with Crippen molar-refractivity contribution in [2.75, 3.05) is 26.7 Å². The quantitative estimate of drug-likeness (QED) is 0.895. The summed E-state index contributed by atoms with van der Waals surface area (Å²) >= 11 is 3.44. The molecule has 0 spiro atoms. The van der Waals surface area contributed by atoms with Crippen molar-refractivity contribution in [3.05, 3.63) is 22.2 Å². The third kappa shape index (κ3) is 2.63. The van der Waals surface area contributed by atoms with Crippen molar-refractivity contribution in [3.8, 4) is 11.5 Å². The van der Waals surface area contributed by atoms with Crippen molar-refractivity contribution in [1.29, 1.82) is 0 Å². The van der Waals surface area contributed by atoms with Gasteiger partial charge in [0.05, 0.1) is 13.2 Å². The minimum Gasteiger partial charge on any atom is -0.504 e. The number of aromatic hydroxyl groups is 1. The Morgan fingerprint density at radius 1 is 1.44 bits per heavy atom. The van der Waals surface area contributed by atoms with Gasteiger partial charge in [0.1, 0.15) is 0 Å². The maximum atomic E-state index is 10.2. The molecule has 2 rings (SSSR count). The number of nitrogens with two attached hydrogens (primary N) is 1. The zero-order valence-electron chi connectivity index (χ0n) is 10.5. The molecule has 0 aliphatic carbocycles. The number of phenols is 1. The molecule has 1 aliphatic rings. The summed E-state index contributed by atoms with van der Waals surface area (Å²) in [7, 11) is 1.55. The van der Waals surface area contributed by atoms with E-state index in [0.29, 0.717) is 12.3 Å². The average molecular weight is 315 g/mol. The highest BCUT2D eigenvalue weighted by atomic mass is 79.9. The molecule has 100 valence electrons. The number of phenolic OH excluding ortho intramolecular Hbond substituents is 1. The zero-order chi connectivity index (χ0) is 13.1. The minimum atomic E-state index is 0.0545. The maximum absolute atomic E-state index is 10.2. The van der Waals surface area contributed by atoms with Crippen LogP contribution in [-0.2, 0) is 0 Å². The zero-order valence-corrected chi connectivity index (χ0v) is 12.1. The van der Waals surface area contributed by atoms with Gasteiger partial charge in [0.2, 0.25) is 0 Å². The fraction of sp³-hybridized carbons (Fsp3) is 0.538. The lowest BCUT2D eigenvalue weighted by Gasteiger charge is -2.27. The summed E-state index contributed by atoms with van der Waals surface area (Å²) in [6.45, 7) is 2.57. The van der Waals surface area contributed by atoms with E-state index >= 15 is 0 Å². The second-order valence-electron chi connectivity index (χ2n) is 4.54. The van der Waals surface area contributed by atoms with Crippen molar-refractivity contribution >= 4 is 15.9 Å². The minimum absolute atomic E-state index is 0.0545. The van der Waals surface area contributed by atoms with Crippen LogP contribution in [0, 0.1) is 0 Å². The summed E-state index contributed by atoms with van der Waals surface area (Å²) in [5.74, 6) is 0.681. The number of nitrogens with zero attached hydrogens (tertiary/aromatic N) is 1. The highest BCUT2D eigenvalue weighted by Crippen LogP contribution is 2.39. The first-order valence-corrected chi connectivity index (χ1v) is 6.97. The Bertz CT molecular complexity index is 420. The second-order valence-corrected chi connectivity index (χ2v) is 5.46. The van der Waals surface area contributed by atoms with Gasteiger partial charge in [0.25, 0.3) is 0 Å². The van der Waals surface area contributed by atoms with Gasteiger partial charge >= 0.3 is 0 Å². The normalized spacial score (nSPS) is 17.9. The molecule has 3 N–H and O–H groups in total. The van der Waals surface area contributed by atoms with Gasteiger partial charge in [-0.05, 0) is 38.1 Å². The highest BCUT2D eigenvalue weighted by Gasteiger charge is 2.26. The molecule has 1 aliphatic heterocycles. The van der Waals surface area contributed by atoms with E-state index < -0.39 is 0 Å². The van der Waals surface area contributed by atoms with E-state index in [4.69, 9.17) is 10.5 Å². The summed E-state index contributed by atoms with van der Waals surface area (Å²) in [5, 5.41) is 10.2. The van der Waals surface area contributed by atoms with E-state index in [0.717, 1.165) is 23.1 Å². The van der Waals surface area contributed by atoms with Crippen molar-refractivity contribution in [2.45, 2.75) is 18.9 Å². The molecule has 1 aromatic rings. The number of ether oxygens (including phenoxy) is 1.